The number of aldehydes is 1. The van der Waals surface area contributed by atoms with E-state index < -0.39 is 0 Å². The summed E-state index contributed by atoms with van der Waals surface area (Å²) < 4.78 is 16.7. The number of nitrogens with zero attached hydrogens (tertiary/aromatic N) is 2. The summed E-state index contributed by atoms with van der Waals surface area (Å²) in [4.78, 5) is 20.5. The van der Waals surface area contributed by atoms with Crippen LogP contribution < -0.4 is 14.2 Å². The molecule has 0 aliphatic heterocycles. The third-order valence-corrected chi connectivity index (χ3v) is 5.15. The first-order valence-electron chi connectivity index (χ1n) is 8.41. The molecule has 4 aromatic rings. The first-order valence-corrected chi connectivity index (χ1v) is 9.29. The second kappa shape index (κ2) is 7.66. The molecule has 140 valence electrons. The fraction of sp³-hybridized carbons (Fsp3) is 0.0952. The molecule has 2 heterocycles. The summed E-state index contributed by atoms with van der Waals surface area (Å²) in [5.74, 6) is 2.14. The fourth-order valence-electron chi connectivity index (χ4n) is 2.85. The Bertz CT molecular complexity index is 1140. The van der Waals surface area contributed by atoms with E-state index in [1.165, 1.54) is 24.8 Å². The van der Waals surface area contributed by atoms with Gasteiger partial charge in [-0.15, -0.1) is 11.3 Å². The number of hydrogen-bond acceptors (Lipinski definition) is 7. The molecule has 0 fully saturated rings. The van der Waals surface area contributed by atoms with Gasteiger partial charge in [-0.05, 0) is 35.9 Å². The van der Waals surface area contributed by atoms with Crippen molar-refractivity contribution in [2.24, 2.45) is 0 Å². The number of carbonyl (C=O) groups excluding carboxylic acids is 1. The zero-order valence-corrected chi connectivity index (χ0v) is 16.0. The molecule has 6 nitrogen and oxygen atoms in total. The van der Waals surface area contributed by atoms with Gasteiger partial charge in [-0.1, -0.05) is 12.1 Å². The quantitative estimate of drug-likeness (QED) is 0.431. The normalized spacial score (nSPS) is 10.6. The van der Waals surface area contributed by atoms with Crippen molar-refractivity contribution in [2.75, 3.05) is 14.2 Å². The van der Waals surface area contributed by atoms with Crippen LogP contribution in [0.2, 0.25) is 0 Å². The highest BCUT2D eigenvalue weighted by Gasteiger charge is 2.16. The highest BCUT2D eigenvalue weighted by Crippen LogP contribution is 2.41. The standard InChI is InChI=1S/C21H16N2O4S/c1-25-15-6-4-14(5-7-15)16-11-28-21-19(16)20(22-12-23-21)27-17-8-3-13(10-24)9-18(17)26-2/h3-12H,1-2H3. The van der Waals surface area contributed by atoms with E-state index in [9.17, 15) is 4.79 Å². The number of benzene rings is 2. The highest BCUT2D eigenvalue weighted by molar-refractivity contribution is 7.17. The molecule has 0 spiro atoms. The predicted octanol–water partition coefficient (Wildman–Crippen LogP) is 4.98. The minimum Gasteiger partial charge on any atom is -0.497 e. The van der Waals surface area contributed by atoms with Gasteiger partial charge < -0.3 is 14.2 Å². The maximum Gasteiger partial charge on any atom is 0.231 e. The van der Waals surface area contributed by atoms with Crippen molar-refractivity contribution in [2.45, 2.75) is 0 Å². The first-order chi connectivity index (χ1) is 13.7. The largest absolute Gasteiger partial charge is 0.497 e. The van der Waals surface area contributed by atoms with Crippen LogP contribution in [0.5, 0.6) is 23.1 Å². The summed E-state index contributed by atoms with van der Waals surface area (Å²) in [6.45, 7) is 0. The van der Waals surface area contributed by atoms with Gasteiger partial charge in [-0.3, -0.25) is 4.79 Å². The van der Waals surface area contributed by atoms with Crippen LogP contribution >= 0.6 is 11.3 Å². The van der Waals surface area contributed by atoms with Gasteiger partial charge in [0.1, 0.15) is 23.2 Å². The molecule has 4 rings (SSSR count). The number of ether oxygens (including phenoxy) is 3. The molecule has 0 saturated carbocycles. The van der Waals surface area contributed by atoms with Gasteiger partial charge in [-0.2, -0.15) is 0 Å². The van der Waals surface area contributed by atoms with Gasteiger partial charge in [0.15, 0.2) is 11.5 Å². The van der Waals surface area contributed by atoms with Crippen LogP contribution in [0.15, 0.2) is 54.2 Å². The van der Waals surface area contributed by atoms with E-state index >= 15 is 0 Å². The van der Waals surface area contributed by atoms with Crippen molar-refractivity contribution < 1.29 is 19.0 Å². The molecule has 0 radical (unpaired) electrons. The summed E-state index contributed by atoms with van der Waals surface area (Å²) in [6.07, 6.45) is 2.23. The number of aromatic nitrogens is 2. The lowest BCUT2D eigenvalue weighted by Gasteiger charge is -2.11. The molecular weight excluding hydrogens is 376 g/mol. The molecule has 0 amide bonds. The molecule has 2 aromatic heterocycles. The number of fused-ring (bicyclic) bond motifs is 1. The van der Waals surface area contributed by atoms with Gasteiger partial charge in [0, 0.05) is 16.5 Å². The summed E-state index contributed by atoms with van der Waals surface area (Å²) in [7, 11) is 3.16. The molecule has 28 heavy (non-hydrogen) atoms. The average Bonchev–Trinajstić information content (AvgIpc) is 3.19. The Morgan fingerprint density at radius 1 is 0.964 bits per heavy atom. The Morgan fingerprint density at radius 3 is 2.50 bits per heavy atom. The number of rotatable bonds is 6. The minimum atomic E-state index is 0.425. The summed E-state index contributed by atoms with van der Waals surface area (Å²) >= 11 is 1.52. The van der Waals surface area contributed by atoms with Crippen LogP contribution in [0.4, 0.5) is 0 Å². The number of carbonyl (C=O) groups is 1. The average molecular weight is 392 g/mol. The Kier molecular flexibility index (Phi) is 4.90. The van der Waals surface area contributed by atoms with Gasteiger partial charge >= 0.3 is 0 Å². The minimum absolute atomic E-state index is 0.425. The van der Waals surface area contributed by atoms with Crippen LogP contribution in [0.25, 0.3) is 21.3 Å². The van der Waals surface area contributed by atoms with Gasteiger partial charge in [-0.25, -0.2) is 9.97 Å². The molecule has 0 aliphatic rings. The third-order valence-electron chi connectivity index (χ3n) is 4.27. The van der Waals surface area contributed by atoms with Crippen molar-refractivity contribution in [1.29, 1.82) is 0 Å². The number of thiophene rings is 1. The van der Waals surface area contributed by atoms with E-state index in [0.29, 0.717) is 22.9 Å². The third kappa shape index (κ3) is 3.27. The van der Waals surface area contributed by atoms with E-state index in [1.54, 1.807) is 25.3 Å². The topological polar surface area (TPSA) is 70.5 Å². The van der Waals surface area contributed by atoms with Crippen LogP contribution in [-0.4, -0.2) is 30.5 Å². The highest BCUT2D eigenvalue weighted by atomic mass is 32.1. The van der Waals surface area contributed by atoms with Gasteiger partial charge in [0.05, 0.1) is 19.6 Å². The predicted molar refractivity (Wildman–Crippen MR) is 108 cm³/mol. The second-order valence-electron chi connectivity index (χ2n) is 5.87. The Hall–Kier alpha value is -3.45. The van der Waals surface area contributed by atoms with E-state index in [0.717, 1.165) is 33.4 Å². The molecule has 2 aromatic carbocycles. The molecule has 7 heteroatoms. The van der Waals surface area contributed by atoms with Crippen molar-refractivity contribution >= 4 is 27.8 Å². The Balaban J connectivity index is 1.80. The van der Waals surface area contributed by atoms with Crippen LogP contribution in [0.1, 0.15) is 10.4 Å². The van der Waals surface area contributed by atoms with Crippen molar-refractivity contribution in [3.05, 3.63) is 59.7 Å². The zero-order valence-electron chi connectivity index (χ0n) is 15.2. The molecule has 0 unspecified atom stereocenters. The van der Waals surface area contributed by atoms with Crippen LogP contribution in [-0.2, 0) is 0 Å². The number of methoxy groups -OCH3 is 2. The Morgan fingerprint density at radius 2 is 1.79 bits per heavy atom. The van der Waals surface area contributed by atoms with Gasteiger partial charge in [0.2, 0.25) is 5.88 Å². The summed E-state index contributed by atoms with van der Waals surface area (Å²) in [5.41, 5.74) is 2.49. The maximum atomic E-state index is 11.0. The van der Waals surface area contributed by atoms with E-state index in [-0.39, 0.29) is 0 Å². The van der Waals surface area contributed by atoms with E-state index in [4.69, 9.17) is 14.2 Å². The fourth-order valence-corrected chi connectivity index (χ4v) is 3.76. The van der Waals surface area contributed by atoms with Crippen molar-refractivity contribution in [3.8, 4) is 34.3 Å². The summed E-state index contributed by atoms with van der Waals surface area (Å²) in [5, 5.41) is 2.85. The molecule has 0 N–H and O–H groups in total. The van der Waals surface area contributed by atoms with E-state index in [1.807, 2.05) is 29.6 Å². The lowest BCUT2D eigenvalue weighted by molar-refractivity contribution is 0.112. The van der Waals surface area contributed by atoms with Crippen LogP contribution in [0, 0.1) is 0 Å². The van der Waals surface area contributed by atoms with E-state index in [2.05, 4.69) is 9.97 Å². The summed E-state index contributed by atoms with van der Waals surface area (Å²) in [6, 6.07) is 12.8. The molecule has 0 bridgehead atoms. The molecule has 0 aliphatic carbocycles. The smallest absolute Gasteiger partial charge is 0.231 e. The van der Waals surface area contributed by atoms with Crippen molar-refractivity contribution in [1.82, 2.24) is 9.97 Å². The SMILES string of the molecule is COc1ccc(-c2csc3ncnc(Oc4ccc(C=O)cc4OC)c23)cc1. The first kappa shape index (κ1) is 17.9. The maximum absolute atomic E-state index is 11.0. The molecular formula is C21H16N2O4S. The number of hydrogen-bond donors (Lipinski definition) is 0. The monoisotopic (exact) mass is 392 g/mol. The van der Waals surface area contributed by atoms with Gasteiger partial charge in [0.25, 0.3) is 0 Å². The van der Waals surface area contributed by atoms with Crippen molar-refractivity contribution in [3.63, 3.8) is 0 Å². The molecule has 0 atom stereocenters. The lowest BCUT2D eigenvalue weighted by Crippen LogP contribution is -1.95. The van der Waals surface area contributed by atoms with Crippen LogP contribution in [0.3, 0.4) is 0 Å². The molecule has 0 saturated heterocycles. The second-order valence-corrected chi connectivity index (χ2v) is 6.73. The lowest BCUT2D eigenvalue weighted by atomic mass is 10.1. The Labute approximate surface area is 165 Å². The zero-order chi connectivity index (χ0) is 19.5.